The first-order valence-corrected chi connectivity index (χ1v) is 20.2. The Kier molecular flexibility index (Phi) is 9.64. The second-order valence-electron chi connectivity index (χ2n) is 17.6. The summed E-state index contributed by atoms with van der Waals surface area (Å²) >= 11 is 0. The molecule has 10 rings (SSSR count). The van der Waals surface area contributed by atoms with Crippen LogP contribution in [0.3, 0.4) is 0 Å². The molecule has 0 spiro atoms. The molecular formula is C54H44N3O2Pt-. The third-order valence-corrected chi connectivity index (χ3v) is 11.5. The van der Waals surface area contributed by atoms with Crippen LogP contribution in [0.2, 0.25) is 0 Å². The summed E-state index contributed by atoms with van der Waals surface area (Å²) in [6.45, 7) is 13.6. The Morgan fingerprint density at radius 2 is 1.22 bits per heavy atom. The van der Waals surface area contributed by atoms with E-state index in [2.05, 4.69) is 155 Å². The fourth-order valence-electron chi connectivity index (χ4n) is 8.22. The van der Waals surface area contributed by atoms with Gasteiger partial charge in [0, 0.05) is 60.7 Å². The van der Waals surface area contributed by atoms with Gasteiger partial charge in [0.25, 0.3) is 0 Å². The Bertz CT molecular complexity index is 3220. The summed E-state index contributed by atoms with van der Waals surface area (Å²) in [6.07, 6.45) is 2.12. The van der Waals surface area contributed by atoms with E-state index in [9.17, 15) is 5.11 Å². The molecule has 0 bridgehead atoms. The Morgan fingerprint density at radius 3 is 1.95 bits per heavy atom. The first-order chi connectivity index (χ1) is 28.4. The number of para-hydroxylation sites is 2. The Hall–Kier alpha value is -6.29. The van der Waals surface area contributed by atoms with E-state index in [0.29, 0.717) is 22.5 Å². The average Bonchev–Trinajstić information content (AvgIpc) is 3.82. The molecular weight excluding hydrogens is 918 g/mol. The van der Waals surface area contributed by atoms with Crippen LogP contribution in [0.1, 0.15) is 52.7 Å². The monoisotopic (exact) mass is 961 g/mol. The van der Waals surface area contributed by atoms with Crippen LogP contribution in [-0.2, 0) is 31.9 Å². The molecule has 0 saturated carbocycles. The van der Waals surface area contributed by atoms with Crippen LogP contribution < -0.4 is 0 Å². The first-order valence-electron chi connectivity index (χ1n) is 20.2. The van der Waals surface area contributed by atoms with Crippen molar-refractivity contribution >= 4 is 38.4 Å². The van der Waals surface area contributed by atoms with Crippen molar-refractivity contribution in [3.63, 3.8) is 0 Å². The molecule has 10 aromatic rings. The van der Waals surface area contributed by atoms with E-state index in [1.165, 1.54) is 11.1 Å². The zero-order valence-corrected chi connectivity index (χ0v) is 36.7. The van der Waals surface area contributed by atoms with Crippen molar-refractivity contribution in [1.29, 1.82) is 0 Å². The maximum absolute atomic E-state index is 11.3. The molecule has 0 fully saturated rings. The molecule has 0 atom stereocenters. The summed E-state index contributed by atoms with van der Waals surface area (Å²) in [5.41, 5.74) is 13.1. The van der Waals surface area contributed by atoms with Crippen molar-refractivity contribution < 1.29 is 30.6 Å². The number of benzene rings is 6. The van der Waals surface area contributed by atoms with Gasteiger partial charge in [-0.2, -0.15) is 0 Å². The van der Waals surface area contributed by atoms with E-state index >= 15 is 0 Å². The standard InChI is InChI=1S/C54H44N3O2.Pt/c1-53(2,3)38-26-35(27-39(32-38)54(4,5)6)36-30-45(42-21-12-14-22-47(42)58)55-46(31-36)44-29-37(28-43-41-20-13-15-23-48(41)59-51(43)44)49-50(34-17-8-7-9-18-34)57-25-24-33-16-10-11-19-40(33)52(57)56-49;/h7-28,30-32,58H,1-6H3;/q-1;. The molecule has 5 nitrogen and oxygen atoms in total. The molecule has 6 aromatic carbocycles. The number of hydrogen-bond acceptors (Lipinski definition) is 4. The van der Waals surface area contributed by atoms with E-state index in [1.807, 2.05) is 42.5 Å². The van der Waals surface area contributed by atoms with Gasteiger partial charge in [-0.25, -0.2) is 0 Å². The van der Waals surface area contributed by atoms with Crippen LogP contribution >= 0.6 is 0 Å². The van der Waals surface area contributed by atoms with E-state index < -0.39 is 0 Å². The number of phenolic OH excluding ortho intramolecular Hbond substituents is 1. The van der Waals surface area contributed by atoms with Gasteiger partial charge in [0.15, 0.2) is 0 Å². The minimum atomic E-state index is -0.0785. The number of pyridine rings is 2. The van der Waals surface area contributed by atoms with Crippen LogP contribution in [0, 0.1) is 6.07 Å². The number of aromatic nitrogens is 3. The van der Waals surface area contributed by atoms with Crippen molar-refractivity contribution in [2.45, 2.75) is 52.4 Å². The Balaban J connectivity index is 0.00000462. The number of phenols is 1. The summed E-state index contributed by atoms with van der Waals surface area (Å²) in [6, 6.07) is 53.7. The second kappa shape index (κ2) is 14.8. The molecule has 1 N–H and O–H groups in total. The van der Waals surface area contributed by atoms with Crippen LogP contribution in [0.5, 0.6) is 5.75 Å². The predicted octanol–water partition coefficient (Wildman–Crippen LogP) is 14.2. The van der Waals surface area contributed by atoms with Crippen LogP contribution in [0.15, 0.2) is 156 Å². The molecule has 0 aliphatic heterocycles. The average molecular weight is 962 g/mol. The molecule has 0 amide bonds. The predicted molar refractivity (Wildman–Crippen MR) is 243 cm³/mol. The van der Waals surface area contributed by atoms with E-state index in [0.717, 1.165) is 72.0 Å². The van der Waals surface area contributed by atoms with Gasteiger partial charge in [0.2, 0.25) is 0 Å². The van der Waals surface area contributed by atoms with Gasteiger partial charge >= 0.3 is 0 Å². The van der Waals surface area contributed by atoms with Gasteiger partial charge in [0.1, 0.15) is 17.0 Å². The van der Waals surface area contributed by atoms with Gasteiger partial charge in [0.05, 0.1) is 11.3 Å². The maximum atomic E-state index is 11.3. The zero-order chi connectivity index (χ0) is 40.6. The fourth-order valence-corrected chi connectivity index (χ4v) is 8.22. The van der Waals surface area contributed by atoms with Crippen molar-refractivity contribution in [3.8, 4) is 61.9 Å². The number of nitrogens with zero attached hydrogens (tertiary/aromatic N) is 3. The molecule has 6 heteroatoms. The SMILES string of the molecule is CC(C)(C)c1cc(-c2cc(-c3ccccc3O)nc(-c3[c-]c(-c4nc5c6ccccc6ccn5c4-c4ccccc4)cc4c3oc3ccccc34)c2)cc(C(C)(C)C)c1.[Pt]. The number of hydrogen-bond donors (Lipinski definition) is 1. The van der Waals surface area contributed by atoms with Crippen molar-refractivity contribution in [2.75, 3.05) is 0 Å². The topological polar surface area (TPSA) is 63.6 Å². The molecule has 0 aliphatic rings. The van der Waals surface area contributed by atoms with E-state index in [1.54, 1.807) is 6.07 Å². The zero-order valence-electron chi connectivity index (χ0n) is 34.4. The van der Waals surface area contributed by atoms with Crippen molar-refractivity contribution in [3.05, 3.63) is 169 Å². The minimum Gasteiger partial charge on any atom is -0.507 e. The van der Waals surface area contributed by atoms with Gasteiger partial charge in [-0.05, 0) is 79.8 Å². The van der Waals surface area contributed by atoms with Crippen LogP contribution in [0.25, 0.3) is 94.5 Å². The molecule has 0 unspecified atom stereocenters. The largest absolute Gasteiger partial charge is 0.507 e. The summed E-state index contributed by atoms with van der Waals surface area (Å²) in [7, 11) is 0. The number of rotatable bonds is 5. The van der Waals surface area contributed by atoms with Crippen LogP contribution in [-0.4, -0.2) is 19.5 Å². The minimum absolute atomic E-state index is 0. The summed E-state index contributed by atoms with van der Waals surface area (Å²) in [5.74, 6) is 0.165. The van der Waals surface area contributed by atoms with E-state index in [4.69, 9.17) is 14.4 Å². The molecule has 4 heterocycles. The fraction of sp³-hybridized carbons (Fsp3) is 0.148. The van der Waals surface area contributed by atoms with Crippen LogP contribution in [0.4, 0.5) is 0 Å². The quantitative estimate of drug-likeness (QED) is 0.175. The van der Waals surface area contributed by atoms with Crippen molar-refractivity contribution in [1.82, 2.24) is 14.4 Å². The first kappa shape index (κ1) is 39.2. The van der Waals surface area contributed by atoms with Gasteiger partial charge in [-0.1, -0.05) is 162 Å². The smallest absolute Gasteiger partial charge is 0.137 e. The maximum Gasteiger partial charge on any atom is 0.137 e. The third-order valence-electron chi connectivity index (χ3n) is 11.5. The molecule has 298 valence electrons. The summed E-state index contributed by atoms with van der Waals surface area (Å²) < 4.78 is 8.95. The van der Waals surface area contributed by atoms with E-state index in [-0.39, 0.29) is 37.6 Å². The number of imidazole rings is 1. The van der Waals surface area contributed by atoms with Gasteiger partial charge in [-0.15, -0.1) is 12.1 Å². The normalized spacial score (nSPS) is 12.1. The summed E-state index contributed by atoms with van der Waals surface area (Å²) in [5, 5.41) is 15.4. The molecule has 0 aliphatic carbocycles. The molecule has 4 aromatic heterocycles. The number of aromatic hydroxyl groups is 1. The van der Waals surface area contributed by atoms with Gasteiger partial charge < -0.3 is 13.9 Å². The number of fused-ring (bicyclic) bond motifs is 6. The second-order valence-corrected chi connectivity index (χ2v) is 17.6. The Morgan fingerprint density at radius 1 is 0.583 bits per heavy atom. The van der Waals surface area contributed by atoms with Gasteiger partial charge in [-0.3, -0.25) is 9.97 Å². The third kappa shape index (κ3) is 6.81. The number of furan rings is 1. The molecule has 60 heavy (non-hydrogen) atoms. The summed E-state index contributed by atoms with van der Waals surface area (Å²) in [4.78, 5) is 10.8. The van der Waals surface area contributed by atoms with Crippen molar-refractivity contribution in [2.24, 2.45) is 0 Å². The Labute approximate surface area is 364 Å². The molecule has 0 radical (unpaired) electrons. The molecule has 0 saturated heterocycles.